The highest BCUT2D eigenvalue weighted by Gasteiger charge is 2.29. The van der Waals surface area contributed by atoms with Crippen molar-refractivity contribution in [3.05, 3.63) is 41.0 Å². The number of rotatable bonds is 5. The monoisotopic (exact) mass is 524 g/mol. The van der Waals surface area contributed by atoms with Gasteiger partial charge in [-0.3, -0.25) is 4.79 Å². The average Bonchev–Trinajstić information content (AvgIpc) is 3.29. The van der Waals surface area contributed by atoms with E-state index in [0.717, 1.165) is 53.5 Å². The highest BCUT2D eigenvalue weighted by molar-refractivity contribution is 7.20. The second-order valence-electron chi connectivity index (χ2n) is 9.08. The number of thiophene rings is 1. The molecule has 196 valence electrons. The topological polar surface area (TPSA) is 91.3 Å². The van der Waals surface area contributed by atoms with Crippen molar-refractivity contribution < 1.29 is 19.1 Å². The highest BCUT2D eigenvalue weighted by atomic mass is 32.1. The van der Waals surface area contributed by atoms with E-state index < -0.39 is 0 Å². The van der Waals surface area contributed by atoms with Crippen molar-refractivity contribution in [2.24, 2.45) is 0 Å². The van der Waals surface area contributed by atoms with Crippen LogP contribution in [0.3, 0.4) is 0 Å². The van der Waals surface area contributed by atoms with Crippen LogP contribution >= 0.6 is 11.3 Å². The van der Waals surface area contributed by atoms with E-state index in [0.29, 0.717) is 37.7 Å². The molecule has 0 unspecified atom stereocenters. The quantitative estimate of drug-likeness (QED) is 0.503. The standard InChI is InChI=1S/C26H32N6O4S/c1-4-36-26(34)32-15-13-31(14-16-32)25(33)22-18(2)21-23(27-17-28-24(21)37-22)30-11-9-29(10-12-30)19-5-7-20(35-3)8-6-19/h5-8,17H,4,9-16H2,1-3H3. The predicted octanol–water partition coefficient (Wildman–Crippen LogP) is 3.25. The lowest BCUT2D eigenvalue weighted by atomic mass is 10.1. The van der Waals surface area contributed by atoms with Crippen molar-refractivity contribution in [3.63, 3.8) is 0 Å². The lowest BCUT2D eigenvalue weighted by Gasteiger charge is -2.37. The van der Waals surface area contributed by atoms with E-state index in [1.165, 1.54) is 17.0 Å². The van der Waals surface area contributed by atoms with Gasteiger partial charge in [-0.25, -0.2) is 14.8 Å². The summed E-state index contributed by atoms with van der Waals surface area (Å²) in [4.78, 5) is 44.2. The largest absolute Gasteiger partial charge is 0.497 e. The second-order valence-corrected chi connectivity index (χ2v) is 10.1. The van der Waals surface area contributed by atoms with E-state index in [-0.39, 0.29) is 12.0 Å². The number of hydrogen-bond acceptors (Lipinski definition) is 9. The van der Waals surface area contributed by atoms with Gasteiger partial charge in [-0.2, -0.15) is 0 Å². The van der Waals surface area contributed by atoms with Crippen LogP contribution in [0, 0.1) is 6.92 Å². The van der Waals surface area contributed by atoms with Crippen LogP contribution in [0.4, 0.5) is 16.3 Å². The zero-order valence-electron chi connectivity index (χ0n) is 21.5. The molecule has 0 saturated carbocycles. The highest BCUT2D eigenvalue weighted by Crippen LogP contribution is 2.36. The van der Waals surface area contributed by atoms with Gasteiger partial charge in [-0.15, -0.1) is 11.3 Å². The number of carbonyl (C=O) groups is 2. The third-order valence-electron chi connectivity index (χ3n) is 7.01. The SMILES string of the molecule is CCOC(=O)N1CCN(C(=O)c2sc3ncnc(N4CCN(c5ccc(OC)cc5)CC4)c3c2C)CC1. The van der Waals surface area contributed by atoms with E-state index >= 15 is 0 Å². The Morgan fingerprint density at radius 2 is 1.57 bits per heavy atom. The van der Waals surface area contributed by atoms with Crippen LogP contribution < -0.4 is 14.5 Å². The summed E-state index contributed by atoms with van der Waals surface area (Å²) in [5.74, 6) is 1.73. The first-order valence-electron chi connectivity index (χ1n) is 12.6. The van der Waals surface area contributed by atoms with Crippen LogP contribution in [0.5, 0.6) is 5.75 Å². The minimum absolute atomic E-state index is 0.0146. The Bertz CT molecular complexity index is 1260. The van der Waals surface area contributed by atoms with Crippen molar-refractivity contribution >= 4 is 45.1 Å². The molecule has 0 bridgehead atoms. The zero-order valence-corrected chi connectivity index (χ0v) is 22.3. The fourth-order valence-electron chi connectivity index (χ4n) is 4.92. The molecule has 2 amide bonds. The van der Waals surface area contributed by atoms with Gasteiger partial charge < -0.3 is 29.1 Å². The maximum absolute atomic E-state index is 13.4. The molecule has 4 heterocycles. The number of benzene rings is 1. The van der Waals surface area contributed by atoms with Crippen LogP contribution in [0.25, 0.3) is 10.2 Å². The molecule has 2 aliphatic heterocycles. The summed E-state index contributed by atoms with van der Waals surface area (Å²) in [6, 6.07) is 8.15. The van der Waals surface area contributed by atoms with Gasteiger partial charge in [0.1, 0.15) is 22.7 Å². The average molecular weight is 525 g/mol. The molecule has 3 aromatic rings. The van der Waals surface area contributed by atoms with Crippen molar-refractivity contribution in [2.45, 2.75) is 13.8 Å². The molecule has 0 spiro atoms. The molecule has 37 heavy (non-hydrogen) atoms. The van der Waals surface area contributed by atoms with Gasteiger partial charge in [0.25, 0.3) is 5.91 Å². The Kier molecular flexibility index (Phi) is 7.31. The van der Waals surface area contributed by atoms with E-state index in [9.17, 15) is 9.59 Å². The van der Waals surface area contributed by atoms with Gasteiger partial charge in [0.05, 0.1) is 24.0 Å². The molecule has 0 aliphatic carbocycles. The van der Waals surface area contributed by atoms with Crippen molar-refractivity contribution in [1.29, 1.82) is 0 Å². The summed E-state index contributed by atoms with van der Waals surface area (Å²) >= 11 is 1.42. The minimum atomic E-state index is -0.320. The number of amides is 2. The first-order valence-corrected chi connectivity index (χ1v) is 13.4. The number of nitrogens with zero attached hydrogens (tertiary/aromatic N) is 6. The summed E-state index contributed by atoms with van der Waals surface area (Å²) in [6.45, 7) is 9.43. The summed E-state index contributed by atoms with van der Waals surface area (Å²) in [5.41, 5.74) is 2.10. The number of carbonyl (C=O) groups excluding carboxylic acids is 2. The third-order valence-corrected chi connectivity index (χ3v) is 8.20. The first kappa shape index (κ1) is 25.1. The number of methoxy groups -OCH3 is 1. The number of aromatic nitrogens is 2. The number of anilines is 2. The van der Waals surface area contributed by atoms with E-state index in [1.54, 1.807) is 25.3 Å². The molecule has 10 nitrogen and oxygen atoms in total. The van der Waals surface area contributed by atoms with Crippen LogP contribution in [-0.4, -0.2) is 97.8 Å². The Morgan fingerprint density at radius 3 is 2.22 bits per heavy atom. The number of ether oxygens (including phenoxy) is 2. The predicted molar refractivity (Wildman–Crippen MR) is 144 cm³/mol. The summed E-state index contributed by atoms with van der Waals surface area (Å²) in [7, 11) is 1.67. The fourth-order valence-corrected chi connectivity index (χ4v) is 6.03. The Hall–Kier alpha value is -3.60. The smallest absolute Gasteiger partial charge is 0.409 e. The maximum atomic E-state index is 13.4. The van der Waals surface area contributed by atoms with Gasteiger partial charge in [0.15, 0.2) is 0 Å². The Balaban J connectivity index is 1.29. The first-order chi connectivity index (χ1) is 18.0. The Labute approximate surface area is 220 Å². The number of aryl methyl sites for hydroxylation is 1. The molecule has 1 aromatic carbocycles. The van der Waals surface area contributed by atoms with Crippen molar-refractivity contribution in [3.8, 4) is 5.75 Å². The molecule has 0 N–H and O–H groups in total. The lowest BCUT2D eigenvalue weighted by Crippen LogP contribution is -2.50. The van der Waals surface area contributed by atoms with Gasteiger partial charge in [0, 0.05) is 58.0 Å². The molecular weight excluding hydrogens is 492 g/mol. The number of piperazine rings is 2. The zero-order chi connectivity index (χ0) is 25.9. The molecule has 2 saturated heterocycles. The van der Waals surface area contributed by atoms with Crippen molar-refractivity contribution in [2.75, 3.05) is 75.9 Å². The molecular formula is C26H32N6O4S. The third kappa shape index (κ3) is 5.00. The second kappa shape index (κ2) is 10.8. The molecule has 2 fully saturated rings. The molecule has 5 rings (SSSR count). The molecule has 2 aromatic heterocycles. The Morgan fingerprint density at radius 1 is 0.919 bits per heavy atom. The maximum Gasteiger partial charge on any atom is 0.409 e. The van der Waals surface area contributed by atoms with Crippen LogP contribution in [-0.2, 0) is 4.74 Å². The van der Waals surface area contributed by atoms with Crippen molar-refractivity contribution in [1.82, 2.24) is 19.8 Å². The van der Waals surface area contributed by atoms with Gasteiger partial charge in [0.2, 0.25) is 0 Å². The van der Waals surface area contributed by atoms with Gasteiger partial charge in [-0.05, 0) is 43.7 Å². The van der Waals surface area contributed by atoms with Gasteiger partial charge in [-0.1, -0.05) is 0 Å². The summed E-state index contributed by atoms with van der Waals surface area (Å²) in [6.07, 6.45) is 1.27. The fraction of sp³-hybridized carbons (Fsp3) is 0.462. The minimum Gasteiger partial charge on any atom is -0.497 e. The summed E-state index contributed by atoms with van der Waals surface area (Å²) < 4.78 is 10.4. The lowest BCUT2D eigenvalue weighted by molar-refractivity contribution is 0.0574. The van der Waals surface area contributed by atoms with E-state index in [2.05, 4.69) is 31.9 Å². The molecule has 11 heteroatoms. The normalized spacial score (nSPS) is 16.3. The van der Waals surface area contributed by atoms with E-state index in [4.69, 9.17) is 9.47 Å². The molecule has 0 radical (unpaired) electrons. The number of fused-ring (bicyclic) bond motifs is 1. The van der Waals surface area contributed by atoms with Gasteiger partial charge >= 0.3 is 6.09 Å². The van der Waals surface area contributed by atoms with E-state index in [1.807, 2.05) is 24.0 Å². The molecule has 0 atom stereocenters. The summed E-state index contributed by atoms with van der Waals surface area (Å²) in [5, 5.41) is 0.957. The van der Waals surface area contributed by atoms with Crippen LogP contribution in [0.15, 0.2) is 30.6 Å². The van der Waals surface area contributed by atoms with Crippen LogP contribution in [0.2, 0.25) is 0 Å². The number of hydrogen-bond donors (Lipinski definition) is 0. The molecule has 2 aliphatic rings. The van der Waals surface area contributed by atoms with Crippen LogP contribution in [0.1, 0.15) is 22.2 Å².